The van der Waals surface area contributed by atoms with Crippen LogP contribution < -0.4 is 4.74 Å². The van der Waals surface area contributed by atoms with Crippen molar-refractivity contribution in [1.82, 2.24) is 14.9 Å². The van der Waals surface area contributed by atoms with Crippen LogP contribution in [0.4, 0.5) is 4.79 Å². The van der Waals surface area contributed by atoms with Gasteiger partial charge in [-0.2, -0.15) is 0 Å². The fourth-order valence-electron chi connectivity index (χ4n) is 4.64. The van der Waals surface area contributed by atoms with Gasteiger partial charge in [-0.25, -0.2) is 14.7 Å². The predicted molar refractivity (Wildman–Crippen MR) is 136 cm³/mol. The molecule has 5 rings (SSSR count). The second kappa shape index (κ2) is 11.5. The first kappa shape index (κ1) is 24.8. The van der Waals surface area contributed by atoms with E-state index in [1.165, 1.54) is 16.7 Å². The Morgan fingerprint density at radius 1 is 1.24 bits per heavy atom. The van der Waals surface area contributed by atoms with Crippen LogP contribution in [0.2, 0.25) is 0 Å². The third-order valence-corrected chi connectivity index (χ3v) is 6.67. The van der Waals surface area contributed by atoms with Crippen LogP contribution in [0.15, 0.2) is 72.4 Å². The van der Waals surface area contributed by atoms with Crippen LogP contribution in [0.25, 0.3) is 11.0 Å². The second-order valence-electron chi connectivity index (χ2n) is 9.32. The van der Waals surface area contributed by atoms with Gasteiger partial charge in [-0.15, -0.1) is 0 Å². The molecule has 1 fully saturated rings. The number of aliphatic hydroxyl groups excluding tert-OH is 1. The number of nitrogens with zero attached hydrogens (tertiary/aromatic N) is 3. The molecule has 194 valence electrons. The standard InChI is InChI=1S/C28H31N3O6/c1-34-25-12-11-24-27(30-25)20(13-14-29-24)7-8-21(32)9-10-22-16-31(28(33)37-22)26-18-35-17-23(36-26)15-19-5-3-2-4-6-19/h2-3,5,11-14,17-18,21-22,32H,4,6-10,15-16H2,1H3. The van der Waals surface area contributed by atoms with E-state index in [0.29, 0.717) is 56.2 Å². The Morgan fingerprint density at radius 3 is 3.00 bits per heavy atom. The van der Waals surface area contributed by atoms with Crippen LogP contribution in [0, 0.1) is 0 Å². The van der Waals surface area contributed by atoms with Gasteiger partial charge in [0.25, 0.3) is 0 Å². The highest BCUT2D eigenvalue weighted by atomic mass is 16.6. The first-order valence-corrected chi connectivity index (χ1v) is 12.6. The molecule has 2 unspecified atom stereocenters. The van der Waals surface area contributed by atoms with E-state index < -0.39 is 12.2 Å². The van der Waals surface area contributed by atoms with Gasteiger partial charge >= 0.3 is 6.09 Å². The molecule has 2 aromatic heterocycles. The Morgan fingerprint density at radius 2 is 2.16 bits per heavy atom. The smallest absolute Gasteiger partial charge is 0.417 e. The van der Waals surface area contributed by atoms with Crippen LogP contribution in [0.5, 0.6) is 5.88 Å². The highest BCUT2D eigenvalue weighted by Gasteiger charge is 2.36. The lowest BCUT2D eigenvalue weighted by Gasteiger charge is -2.22. The lowest BCUT2D eigenvalue weighted by atomic mass is 10.0. The molecule has 0 aromatic carbocycles. The molecular weight excluding hydrogens is 474 g/mol. The molecule has 3 aliphatic rings. The van der Waals surface area contributed by atoms with E-state index in [4.69, 9.17) is 18.9 Å². The van der Waals surface area contributed by atoms with Crippen LogP contribution >= 0.6 is 0 Å². The van der Waals surface area contributed by atoms with Crippen molar-refractivity contribution in [3.63, 3.8) is 0 Å². The number of rotatable bonds is 10. The predicted octanol–water partition coefficient (Wildman–Crippen LogP) is 4.89. The summed E-state index contributed by atoms with van der Waals surface area (Å²) in [5.41, 5.74) is 3.83. The molecule has 2 aliphatic heterocycles. The molecule has 0 spiro atoms. The number of allylic oxidation sites excluding steroid dienone is 4. The van der Waals surface area contributed by atoms with Crippen molar-refractivity contribution in [1.29, 1.82) is 0 Å². The topological polar surface area (TPSA) is 103 Å². The number of hydrogen-bond acceptors (Lipinski definition) is 8. The molecule has 0 bridgehead atoms. The number of pyridine rings is 2. The largest absolute Gasteiger partial charge is 0.481 e. The highest BCUT2D eigenvalue weighted by molar-refractivity contribution is 5.78. The number of carbonyl (C=O) groups excluding carboxylic acids is 1. The Bertz CT molecular complexity index is 1270. The third kappa shape index (κ3) is 6.11. The van der Waals surface area contributed by atoms with Crippen molar-refractivity contribution >= 4 is 17.1 Å². The number of aliphatic hydroxyl groups is 1. The monoisotopic (exact) mass is 505 g/mol. The van der Waals surface area contributed by atoms with Crippen LogP contribution in [-0.4, -0.2) is 51.9 Å². The number of hydrogen-bond donors (Lipinski definition) is 1. The minimum absolute atomic E-state index is 0.324. The average molecular weight is 506 g/mol. The molecule has 1 aliphatic carbocycles. The molecule has 2 atom stereocenters. The lowest BCUT2D eigenvalue weighted by Crippen LogP contribution is -2.27. The summed E-state index contributed by atoms with van der Waals surface area (Å²) in [5.74, 6) is 1.51. The van der Waals surface area contributed by atoms with Gasteiger partial charge in [-0.05, 0) is 56.2 Å². The number of aryl methyl sites for hydroxylation is 1. The molecule has 1 amide bonds. The van der Waals surface area contributed by atoms with E-state index in [0.717, 1.165) is 29.4 Å². The molecule has 4 heterocycles. The van der Waals surface area contributed by atoms with E-state index in [-0.39, 0.29) is 6.10 Å². The van der Waals surface area contributed by atoms with Crippen LogP contribution in [0.3, 0.4) is 0 Å². The zero-order chi connectivity index (χ0) is 25.6. The normalized spacial score (nSPS) is 19.9. The molecule has 2 aromatic rings. The van der Waals surface area contributed by atoms with Gasteiger partial charge in [0, 0.05) is 18.7 Å². The summed E-state index contributed by atoms with van der Waals surface area (Å²) in [7, 11) is 1.58. The van der Waals surface area contributed by atoms with Gasteiger partial charge in [0.15, 0.2) is 6.26 Å². The Balaban J connectivity index is 1.10. The number of methoxy groups -OCH3 is 1. The quantitative estimate of drug-likeness (QED) is 0.487. The third-order valence-electron chi connectivity index (χ3n) is 6.67. The maximum absolute atomic E-state index is 12.5. The molecule has 37 heavy (non-hydrogen) atoms. The zero-order valence-corrected chi connectivity index (χ0v) is 20.8. The summed E-state index contributed by atoms with van der Waals surface area (Å²) in [6.45, 7) is 0.345. The number of fused-ring (bicyclic) bond motifs is 1. The minimum atomic E-state index is -0.539. The van der Waals surface area contributed by atoms with E-state index in [2.05, 4.69) is 22.1 Å². The maximum atomic E-state index is 12.5. The van der Waals surface area contributed by atoms with Crippen LogP contribution in [-0.2, 0) is 20.6 Å². The van der Waals surface area contributed by atoms with Gasteiger partial charge in [0.2, 0.25) is 11.8 Å². The highest BCUT2D eigenvalue weighted by Crippen LogP contribution is 2.29. The molecule has 9 heteroatoms. The second-order valence-corrected chi connectivity index (χ2v) is 9.32. The summed E-state index contributed by atoms with van der Waals surface area (Å²) >= 11 is 0. The van der Waals surface area contributed by atoms with E-state index in [1.54, 1.807) is 25.6 Å². The van der Waals surface area contributed by atoms with Crippen molar-refractivity contribution in [3.8, 4) is 5.88 Å². The zero-order valence-electron chi connectivity index (χ0n) is 20.8. The van der Waals surface area contributed by atoms with E-state index in [1.807, 2.05) is 18.2 Å². The number of amides is 1. The van der Waals surface area contributed by atoms with Gasteiger partial charge in [-0.1, -0.05) is 23.8 Å². The number of ether oxygens (including phenoxy) is 4. The van der Waals surface area contributed by atoms with Crippen molar-refractivity contribution < 1.29 is 28.8 Å². The first-order chi connectivity index (χ1) is 18.1. The SMILES string of the molecule is COc1ccc2nccc(CCC(O)CCC3CN(C4=COC=C(CC5=CC=CCC5)O4)C(=O)O3)c2n1. The maximum Gasteiger partial charge on any atom is 0.417 e. The Kier molecular flexibility index (Phi) is 7.70. The van der Waals surface area contributed by atoms with Crippen LogP contribution in [0.1, 0.15) is 44.1 Å². The fourth-order valence-corrected chi connectivity index (χ4v) is 4.64. The fraction of sp³-hybridized carbons (Fsp3) is 0.393. The van der Waals surface area contributed by atoms with E-state index >= 15 is 0 Å². The average Bonchev–Trinajstić information content (AvgIpc) is 3.31. The molecule has 1 N–H and O–H groups in total. The van der Waals surface area contributed by atoms with Gasteiger partial charge in [0.1, 0.15) is 18.1 Å². The molecule has 0 radical (unpaired) electrons. The van der Waals surface area contributed by atoms with Gasteiger partial charge in [-0.3, -0.25) is 4.98 Å². The Hall–Kier alpha value is -3.85. The summed E-state index contributed by atoms with van der Waals surface area (Å²) in [5, 5.41) is 10.6. The first-order valence-electron chi connectivity index (χ1n) is 12.6. The molecule has 1 saturated heterocycles. The van der Waals surface area contributed by atoms with E-state index in [9.17, 15) is 9.90 Å². The summed E-state index contributed by atoms with van der Waals surface area (Å²) in [6.07, 6.45) is 14.5. The summed E-state index contributed by atoms with van der Waals surface area (Å²) < 4.78 is 22.2. The molecule has 9 nitrogen and oxygen atoms in total. The van der Waals surface area contributed by atoms with Crippen molar-refractivity contribution in [3.05, 3.63) is 77.9 Å². The Labute approximate surface area is 215 Å². The lowest BCUT2D eigenvalue weighted by molar-refractivity contribution is 0.102. The van der Waals surface area contributed by atoms with Crippen molar-refractivity contribution in [2.45, 2.75) is 57.2 Å². The molecular formula is C28H31N3O6. The number of aromatic nitrogens is 2. The summed E-state index contributed by atoms with van der Waals surface area (Å²) in [4.78, 5) is 22.8. The number of cyclic esters (lactones) is 1. The van der Waals surface area contributed by atoms with Gasteiger partial charge in [0.05, 0.1) is 30.8 Å². The molecule has 0 saturated carbocycles. The minimum Gasteiger partial charge on any atom is -0.481 e. The number of carbonyl (C=O) groups is 1. The summed E-state index contributed by atoms with van der Waals surface area (Å²) in [6, 6.07) is 5.58. The van der Waals surface area contributed by atoms with Crippen molar-refractivity contribution in [2.75, 3.05) is 13.7 Å². The van der Waals surface area contributed by atoms with Gasteiger partial charge < -0.3 is 24.1 Å². The van der Waals surface area contributed by atoms with Crippen molar-refractivity contribution in [2.24, 2.45) is 0 Å².